The van der Waals surface area contributed by atoms with Gasteiger partial charge in [-0.3, -0.25) is 0 Å². The number of benzene rings is 3. The zero-order chi connectivity index (χ0) is 15.7. The topological polar surface area (TPSA) is 32.3 Å². The van der Waals surface area contributed by atoms with E-state index in [2.05, 4.69) is 0 Å². The highest BCUT2D eigenvalue weighted by atomic mass is 32.7. The smallest absolute Gasteiger partial charge is 0.243 e. The molecule has 0 amide bonds. The molecule has 1 heterocycles. The van der Waals surface area contributed by atoms with Crippen LogP contribution in [-0.4, -0.2) is 0 Å². The van der Waals surface area contributed by atoms with Gasteiger partial charge in [-0.25, -0.2) is 0 Å². The van der Waals surface area contributed by atoms with Crippen molar-refractivity contribution in [3.05, 3.63) is 84.4 Å². The van der Waals surface area contributed by atoms with E-state index in [-0.39, 0.29) is 0 Å². The molecule has 3 aromatic carbocycles. The highest BCUT2D eigenvalue weighted by Crippen LogP contribution is 2.67. The van der Waals surface area contributed by atoms with E-state index in [9.17, 15) is 4.89 Å². The predicted molar refractivity (Wildman–Crippen MR) is 96.8 cm³/mol. The number of para-hydroxylation sites is 1. The minimum atomic E-state index is -2.98. The molecule has 0 N–H and O–H groups in total. The third kappa shape index (κ3) is 2.76. The van der Waals surface area contributed by atoms with Crippen LogP contribution in [0.5, 0.6) is 5.75 Å². The van der Waals surface area contributed by atoms with E-state index >= 15 is 0 Å². The minimum Gasteiger partial charge on any atom is -0.635 e. The van der Waals surface area contributed by atoms with Crippen LogP contribution in [0.3, 0.4) is 0 Å². The summed E-state index contributed by atoms with van der Waals surface area (Å²) in [6, 6.07) is 25.7. The van der Waals surface area contributed by atoms with Crippen molar-refractivity contribution in [3.8, 4) is 16.9 Å². The van der Waals surface area contributed by atoms with Crippen molar-refractivity contribution in [2.24, 2.45) is 0 Å². The summed E-state index contributed by atoms with van der Waals surface area (Å²) in [6.07, 6.45) is 0. The predicted octanol–water partition coefficient (Wildman–Crippen LogP) is 4.43. The van der Waals surface area contributed by atoms with E-state index in [1.54, 1.807) is 0 Å². The summed E-state index contributed by atoms with van der Waals surface area (Å²) in [4.78, 5) is 13.5. The molecule has 114 valence electrons. The quantitative estimate of drug-likeness (QED) is 0.662. The summed E-state index contributed by atoms with van der Waals surface area (Å²) in [5, 5.41) is 0.805. The number of fused-ring (bicyclic) bond motifs is 3. The molecule has 1 unspecified atom stereocenters. The Kier molecular flexibility index (Phi) is 3.86. The first kappa shape index (κ1) is 14.8. The second kappa shape index (κ2) is 6.01. The van der Waals surface area contributed by atoms with Gasteiger partial charge in [0, 0.05) is 11.1 Å². The molecule has 1 aliphatic rings. The number of hydrogen-bond acceptors (Lipinski definition) is 3. The summed E-state index contributed by atoms with van der Waals surface area (Å²) < 4.78 is 5.99. The normalized spacial score (nSPS) is 18.7. The first-order valence-electron chi connectivity index (χ1n) is 7.43. The van der Waals surface area contributed by atoms with E-state index in [0.717, 1.165) is 22.0 Å². The lowest BCUT2D eigenvalue weighted by Crippen LogP contribution is -2.28. The van der Waals surface area contributed by atoms with Gasteiger partial charge in [-0.1, -0.05) is 66.7 Å². The molecule has 4 rings (SSSR count). The summed E-state index contributed by atoms with van der Waals surface area (Å²) in [7, 11) is 0. The molecule has 3 aromatic rings. The maximum atomic E-state index is 13.5. The number of rotatable bonds is 3. The van der Waals surface area contributed by atoms with Crippen molar-refractivity contribution in [1.29, 1.82) is 0 Å². The molecule has 0 bridgehead atoms. The Hall–Kier alpha value is -1.80. The van der Waals surface area contributed by atoms with Crippen molar-refractivity contribution in [3.63, 3.8) is 0 Å². The Morgan fingerprint density at radius 1 is 0.783 bits per heavy atom. The molecule has 1 atom stereocenters. The van der Waals surface area contributed by atoms with Crippen LogP contribution < -0.4 is 14.7 Å². The van der Waals surface area contributed by atoms with E-state index in [4.69, 9.17) is 4.52 Å². The largest absolute Gasteiger partial charge is 0.635 e. The summed E-state index contributed by atoms with van der Waals surface area (Å²) in [6.45, 7) is -2.98. The van der Waals surface area contributed by atoms with E-state index in [1.165, 1.54) is 11.4 Å². The van der Waals surface area contributed by atoms with Gasteiger partial charge < -0.3 is 9.42 Å². The fourth-order valence-corrected chi connectivity index (χ4v) is 6.95. The molecule has 0 fully saturated rings. The van der Waals surface area contributed by atoms with Crippen molar-refractivity contribution in [1.82, 2.24) is 0 Å². The van der Waals surface area contributed by atoms with Crippen LogP contribution >= 0.6 is 18.3 Å². The van der Waals surface area contributed by atoms with Crippen LogP contribution in [0.1, 0.15) is 5.56 Å². The Morgan fingerprint density at radius 3 is 2.26 bits per heavy atom. The SMILES string of the molecule is [O-][P+]1(SCc2ccccc2)Oc2ccccc2-c2ccccc21. The van der Waals surface area contributed by atoms with Crippen LogP contribution in [0.2, 0.25) is 0 Å². The third-order valence-corrected chi connectivity index (χ3v) is 8.28. The fourth-order valence-electron chi connectivity index (χ4n) is 2.72. The van der Waals surface area contributed by atoms with Crippen LogP contribution in [-0.2, 0) is 5.75 Å². The molecular formula is C19H15O2PS. The first-order chi connectivity index (χ1) is 11.3. The standard InChI is InChI=1S/C19H15O2PS/c20-22(23-14-15-8-2-1-3-9-15)19-13-7-5-11-17(19)16-10-4-6-12-18(16)21-22/h1-13H,14H2. The first-order valence-corrected chi connectivity index (χ1v) is 10.6. The van der Waals surface area contributed by atoms with E-state index in [0.29, 0.717) is 11.5 Å². The molecule has 0 radical (unpaired) electrons. The Balaban J connectivity index is 1.72. The maximum Gasteiger partial charge on any atom is 0.243 e. The summed E-state index contributed by atoms with van der Waals surface area (Å²) in [5.74, 6) is 1.37. The lowest BCUT2D eigenvalue weighted by molar-refractivity contribution is -0.173. The second-order valence-electron chi connectivity index (χ2n) is 5.36. The lowest BCUT2D eigenvalue weighted by atomic mass is 10.0. The molecule has 1 aliphatic heterocycles. The van der Waals surface area contributed by atoms with Crippen molar-refractivity contribution in [2.45, 2.75) is 5.75 Å². The number of hydrogen-bond donors (Lipinski definition) is 0. The zero-order valence-electron chi connectivity index (χ0n) is 12.4. The Labute approximate surface area is 140 Å². The molecule has 0 saturated heterocycles. The minimum absolute atomic E-state index is 0.661. The molecule has 0 aliphatic carbocycles. The van der Waals surface area contributed by atoms with E-state index < -0.39 is 6.92 Å². The second-order valence-corrected chi connectivity index (χ2v) is 9.78. The average molecular weight is 338 g/mol. The molecule has 0 spiro atoms. The van der Waals surface area contributed by atoms with Crippen LogP contribution in [0.15, 0.2) is 78.9 Å². The van der Waals surface area contributed by atoms with Crippen LogP contribution in [0, 0.1) is 0 Å². The lowest BCUT2D eigenvalue weighted by Gasteiger charge is -2.33. The van der Waals surface area contributed by atoms with E-state index in [1.807, 2.05) is 78.9 Å². The highest BCUT2D eigenvalue weighted by molar-refractivity contribution is 8.60. The van der Waals surface area contributed by atoms with Crippen molar-refractivity contribution >= 4 is 23.6 Å². The molecule has 0 aromatic heterocycles. The van der Waals surface area contributed by atoms with Crippen molar-refractivity contribution < 1.29 is 9.42 Å². The molecular weight excluding hydrogens is 323 g/mol. The van der Waals surface area contributed by atoms with Crippen molar-refractivity contribution in [2.75, 3.05) is 0 Å². The molecule has 2 nitrogen and oxygen atoms in total. The highest BCUT2D eigenvalue weighted by Gasteiger charge is 2.41. The van der Waals surface area contributed by atoms with Gasteiger partial charge in [-0.05, 0) is 17.7 Å². The summed E-state index contributed by atoms with van der Waals surface area (Å²) in [5.41, 5.74) is 3.17. The van der Waals surface area contributed by atoms with Crippen LogP contribution in [0.25, 0.3) is 11.1 Å². The van der Waals surface area contributed by atoms with Gasteiger partial charge in [0.05, 0.1) is 17.1 Å². The third-order valence-electron chi connectivity index (χ3n) is 3.84. The van der Waals surface area contributed by atoms with Gasteiger partial charge >= 0.3 is 0 Å². The molecule has 23 heavy (non-hydrogen) atoms. The van der Waals surface area contributed by atoms with Gasteiger partial charge in [0.1, 0.15) is 5.30 Å². The maximum absolute atomic E-state index is 13.5. The Morgan fingerprint density at radius 2 is 1.43 bits per heavy atom. The molecule has 4 heteroatoms. The van der Waals surface area contributed by atoms with Gasteiger partial charge in [0.25, 0.3) is 0 Å². The zero-order valence-corrected chi connectivity index (χ0v) is 14.1. The average Bonchev–Trinajstić information content (AvgIpc) is 2.61. The molecule has 0 saturated carbocycles. The van der Waals surface area contributed by atoms with Gasteiger partial charge in [-0.15, -0.1) is 0 Å². The summed E-state index contributed by atoms with van der Waals surface area (Å²) >= 11 is 1.39. The van der Waals surface area contributed by atoms with Crippen LogP contribution in [0.4, 0.5) is 0 Å². The fraction of sp³-hybridized carbons (Fsp3) is 0.0526. The van der Waals surface area contributed by atoms with Gasteiger partial charge in [0.2, 0.25) is 6.92 Å². The monoisotopic (exact) mass is 338 g/mol. The van der Waals surface area contributed by atoms with Gasteiger partial charge in [0.15, 0.2) is 5.75 Å². The van der Waals surface area contributed by atoms with Gasteiger partial charge in [-0.2, -0.15) is 0 Å². The Bertz CT molecular complexity index is 838.